The van der Waals surface area contributed by atoms with E-state index < -0.39 is 6.04 Å². The quantitative estimate of drug-likeness (QED) is 0.466. The molecule has 172 valence electrons. The summed E-state index contributed by atoms with van der Waals surface area (Å²) in [5, 5.41) is 2.75. The number of carbonyl (C=O) groups is 4. The molecular weight excluding hydrogens is 410 g/mol. The molecule has 0 radical (unpaired) electrons. The van der Waals surface area contributed by atoms with E-state index in [0.717, 1.165) is 5.56 Å². The zero-order valence-corrected chi connectivity index (χ0v) is 18.9. The Morgan fingerprint density at radius 1 is 1.12 bits per heavy atom. The molecule has 2 aliphatic rings. The van der Waals surface area contributed by atoms with E-state index in [-0.39, 0.29) is 55.0 Å². The number of hydrogen-bond donors (Lipinski definition) is 1. The summed E-state index contributed by atoms with van der Waals surface area (Å²) < 4.78 is 5.18. The third kappa shape index (κ3) is 5.00. The molecule has 1 aromatic carbocycles. The van der Waals surface area contributed by atoms with Gasteiger partial charge in [0.05, 0.1) is 18.9 Å². The highest BCUT2D eigenvalue weighted by atomic mass is 16.5. The van der Waals surface area contributed by atoms with Gasteiger partial charge in [0, 0.05) is 26.1 Å². The molecule has 0 saturated carbocycles. The zero-order valence-electron chi connectivity index (χ0n) is 18.9. The van der Waals surface area contributed by atoms with Gasteiger partial charge in [0.15, 0.2) is 0 Å². The first-order valence-electron chi connectivity index (χ1n) is 11.1. The van der Waals surface area contributed by atoms with Crippen molar-refractivity contribution in [1.82, 2.24) is 15.1 Å². The summed E-state index contributed by atoms with van der Waals surface area (Å²) in [5.41, 5.74) is 0.848. The van der Waals surface area contributed by atoms with Gasteiger partial charge in [0.2, 0.25) is 23.6 Å². The molecule has 8 nitrogen and oxygen atoms in total. The highest BCUT2D eigenvalue weighted by molar-refractivity contribution is 6.05. The summed E-state index contributed by atoms with van der Waals surface area (Å²) in [5.74, 6) is -0.857. The number of carbonyl (C=O) groups excluding carboxylic acids is 4. The normalized spacial score (nSPS) is 20.7. The molecule has 3 rings (SSSR count). The van der Waals surface area contributed by atoms with Crippen molar-refractivity contribution in [3.63, 3.8) is 0 Å². The van der Waals surface area contributed by atoms with Crippen LogP contribution in [0.4, 0.5) is 0 Å². The van der Waals surface area contributed by atoms with E-state index in [4.69, 9.17) is 4.74 Å². The van der Waals surface area contributed by atoms with Gasteiger partial charge in [0.25, 0.3) is 0 Å². The number of imide groups is 1. The number of methoxy groups -OCH3 is 1. The topological polar surface area (TPSA) is 96.0 Å². The van der Waals surface area contributed by atoms with E-state index in [1.54, 1.807) is 26.2 Å². The fourth-order valence-corrected chi connectivity index (χ4v) is 4.27. The Kier molecular flexibility index (Phi) is 7.66. The molecule has 8 heteroatoms. The van der Waals surface area contributed by atoms with Crippen LogP contribution in [0, 0.1) is 11.8 Å². The number of allylic oxidation sites excluding steroid dienone is 2. The SMILES string of the molecule is CCNC(=O)[C@@H](C)N(Cc1ccc(OC)cc1)C(=O)CCN1C(=O)[C@H]2CC=CC[C@H]2C1=O. The average Bonchev–Trinajstić information content (AvgIpc) is 3.05. The maximum absolute atomic E-state index is 13.2. The second kappa shape index (κ2) is 10.4. The Bertz CT molecular complexity index is 869. The molecule has 0 spiro atoms. The molecule has 1 heterocycles. The van der Waals surface area contributed by atoms with Crippen LogP contribution in [-0.4, -0.2) is 59.7 Å². The van der Waals surface area contributed by atoms with Crippen LogP contribution in [0.25, 0.3) is 0 Å². The minimum absolute atomic E-state index is 0.0236. The third-order valence-corrected chi connectivity index (χ3v) is 6.18. The molecular formula is C24H31N3O5. The lowest BCUT2D eigenvalue weighted by molar-refractivity contribution is -0.143. The second-order valence-corrected chi connectivity index (χ2v) is 8.17. The number of fused-ring (bicyclic) bond motifs is 1. The first-order valence-corrected chi connectivity index (χ1v) is 11.1. The standard InChI is InChI=1S/C24H31N3O5/c1-4-25-22(29)16(2)27(15-17-9-11-18(32-3)12-10-17)21(28)13-14-26-23(30)19-7-5-6-8-20(19)24(26)31/h5-6,9-12,16,19-20H,4,7-8,13-15H2,1-3H3,(H,25,29)/t16-,19-,20+/m1/s1. The highest BCUT2D eigenvalue weighted by Gasteiger charge is 2.47. The van der Waals surface area contributed by atoms with Crippen LogP contribution in [0.15, 0.2) is 36.4 Å². The molecule has 1 N–H and O–H groups in total. The Balaban J connectivity index is 1.70. The Labute approximate surface area is 188 Å². The van der Waals surface area contributed by atoms with Gasteiger partial charge in [-0.1, -0.05) is 24.3 Å². The van der Waals surface area contributed by atoms with Crippen LogP contribution in [-0.2, 0) is 25.7 Å². The Morgan fingerprint density at radius 3 is 2.25 bits per heavy atom. The molecule has 1 fully saturated rings. The maximum atomic E-state index is 13.2. The van der Waals surface area contributed by atoms with E-state index in [1.165, 1.54) is 9.80 Å². The lowest BCUT2D eigenvalue weighted by Gasteiger charge is -2.29. The molecule has 1 aliphatic heterocycles. The molecule has 0 unspecified atom stereocenters. The Morgan fingerprint density at radius 2 is 1.72 bits per heavy atom. The van der Waals surface area contributed by atoms with Gasteiger partial charge in [0.1, 0.15) is 11.8 Å². The number of nitrogens with one attached hydrogen (secondary N) is 1. The number of hydrogen-bond acceptors (Lipinski definition) is 5. The van der Waals surface area contributed by atoms with Gasteiger partial charge in [-0.3, -0.25) is 24.1 Å². The van der Waals surface area contributed by atoms with Gasteiger partial charge >= 0.3 is 0 Å². The molecule has 0 aromatic heterocycles. The smallest absolute Gasteiger partial charge is 0.242 e. The predicted molar refractivity (Wildman–Crippen MR) is 118 cm³/mol. The predicted octanol–water partition coefficient (Wildman–Crippen LogP) is 1.89. The summed E-state index contributed by atoms with van der Waals surface area (Å²) in [4.78, 5) is 53.7. The second-order valence-electron chi connectivity index (χ2n) is 8.17. The van der Waals surface area contributed by atoms with Crippen LogP contribution in [0.3, 0.4) is 0 Å². The fraction of sp³-hybridized carbons (Fsp3) is 0.500. The number of rotatable bonds is 9. The number of nitrogens with zero attached hydrogens (tertiary/aromatic N) is 2. The number of ether oxygens (including phenoxy) is 1. The summed E-state index contributed by atoms with van der Waals surface area (Å²) in [6.07, 6.45) is 4.98. The van der Waals surface area contributed by atoms with Crippen LogP contribution < -0.4 is 10.1 Å². The van der Waals surface area contributed by atoms with E-state index in [1.807, 2.05) is 31.2 Å². The monoisotopic (exact) mass is 441 g/mol. The lowest BCUT2D eigenvalue weighted by Crippen LogP contribution is -2.48. The molecule has 32 heavy (non-hydrogen) atoms. The minimum Gasteiger partial charge on any atom is -0.497 e. The molecule has 4 amide bonds. The number of likely N-dealkylation sites (tertiary alicyclic amines) is 1. The van der Waals surface area contributed by atoms with Crippen molar-refractivity contribution >= 4 is 23.6 Å². The van der Waals surface area contributed by atoms with Gasteiger partial charge in [-0.05, 0) is 44.4 Å². The van der Waals surface area contributed by atoms with E-state index in [2.05, 4.69) is 5.32 Å². The van der Waals surface area contributed by atoms with Gasteiger partial charge in [-0.25, -0.2) is 0 Å². The minimum atomic E-state index is -0.693. The van der Waals surface area contributed by atoms with Crippen LogP contribution in [0.5, 0.6) is 5.75 Å². The molecule has 3 atom stereocenters. The summed E-state index contributed by atoms with van der Waals surface area (Å²) >= 11 is 0. The van der Waals surface area contributed by atoms with Crippen molar-refractivity contribution in [3.05, 3.63) is 42.0 Å². The van der Waals surface area contributed by atoms with E-state index >= 15 is 0 Å². The zero-order chi connectivity index (χ0) is 23.3. The number of amides is 4. The fourth-order valence-electron chi connectivity index (χ4n) is 4.27. The average molecular weight is 442 g/mol. The van der Waals surface area contributed by atoms with E-state index in [0.29, 0.717) is 25.1 Å². The third-order valence-electron chi connectivity index (χ3n) is 6.18. The molecule has 0 bridgehead atoms. The molecule has 1 aromatic rings. The first-order chi connectivity index (χ1) is 15.4. The number of likely N-dealkylation sites (N-methyl/N-ethyl adjacent to an activating group) is 1. The molecule has 1 aliphatic carbocycles. The van der Waals surface area contributed by atoms with Crippen molar-refractivity contribution in [2.45, 2.75) is 45.7 Å². The molecule has 1 saturated heterocycles. The van der Waals surface area contributed by atoms with Crippen LogP contribution in [0.1, 0.15) is 38.7 Å². The largest absolute Gasteiger partial charge is 0.497 e. The van der Waals surface area contributed by atoms with Gasteiger partial charge in [-0.2, -0.15) is 0 Å². The van der Waals surface area contributed by atoms with E-state index in [9.17, 15) is 19.2 Å². The summed E-state index contributed by atoms with van der Waals surface area (Å²) in [6.45, 7) is 4.22. The van der Waals surface area contributed by atoms with Crippen molar-refractivity contribution in [3.8, 4) is 5.75 Å². The van der Waals surface area contributed by atoms with Crippen molar-refractivity contribution in [2.75, 3.05) is 20.2 Å². The number of benzene rings is 1. The van der Waals surface area contributed by atoms with Gasteiger partial charge in [-0.15, -0.1) is 0 Å². The first kappa shape index (κ1) is 23.5. The highest BCUT2D eigenvalue weighted by Crippen LogP contribution is 2.35. The van der Waals surface area contributed by atoms with Crippen LogP contribution >= 0.6 is 0 Å². The van der Waals surface area contributed by atoms with Crippen molar-refractivity contribution in [2.24, 2.45) is 11.8 Å². The van der Waals surface area contributed by atoms with Gasteiger partial charge < -0.3 is 15.0 Å². The van der Waals surface area contributed by atoms with Crippen molar-refractivity contribution in [1.29, 1.82) is 0 Å². The maximum Gasteiger partial charge on any atom is 0.242 e. The van der Waals surface area contributed by atoms with Crippen LogP contribution in [0.2, 0.25) is 0 Å². The summed E-state index contributed by atoms with van der Waals surface area (Å²) in [7, 11) is 1.58. The lowest BCUT2D eigenvalue weighted by atomic mass is 9.85. The Hall–Kier alpha value is -3.16. The van der Waals surface area contributed by atoms with Crippen molar-refractivity contribution < 1.29 is 23.9 Å². The summed E-state index contributed by atoms with van der Waals surface area (Å²) in [6, 6.07) is 6.59.